The van der Waals surface area contributed by atoms with Gasteiger partial charge in [-0.3, -0.25) is 9.59 Å². The maximum absolute atomic E-state index is 12.8. The predicted octanol–water partition coefficient (Wildman–Crippen LogP) is 1.91. The summed E-state index contributed by atoms with van der Waals surface area (Å²) >= 11 is 0. The minimum absolute atomic E-state index is 0.0786. The van der Waals surface area contributed by atoms with E-state index in [2.05, 4.69) is 5.32 Å². The van der Waals surface area contributed by atoms with Crippen LogP contribution in [-0.2, 0) is 9.59 Å². The molecule has 3 rings (SSSR count). The quantitative estimate of drug-likeness (QED) is 0.872. The first-order valence-corrected chi connectivity index (χ1v) is 7.51. The monoisotopic (exact) mass is 288 g/mol. The SMILES string of the molecule is O=C(O)[C@H]1CCCN(C(=O)C2CCNc3ccccc32)C1. The van der Waals surface area contributed by atoms with Crippen molar-refractivity contribution < 1.29 is 14.7 Å². The van der Waals surface area contributed by atoms with E-state index in [0.717, 1.165) is 30.6 Å². The minimum atomic E-state index is -0.793. The molecule has 2 aliphatic rings. The van der Waals surface area contributed by atoms with E-state index in [0.29, 0.717) is 19.5 Å². The number of likely N-dealkylation sites (tertiary alicyclic amines) is 1. The van der Waals surface area contributed by atoms with Crippen LogP contribution in [0.1, 0.15) is 30.7 Å². The molecule has 1 amide bonds. The molecule has 1 aromatic carbocycles. The molecule has 5 nitrogen and oxygen atoms in total. The number of fused-ring (bicyclic) bond motifs is 1. The van der Waals surface area contributed by atoms with Crippen LogP contribution in [0.2, 0.25) is 0 Å². The molecule has 2 heterocycles. The summed E-state index contributed by atoms with van der Waals surface area (Å²) in [6.07, 6.45) is 2.21. The van der Waals surface area contributed by atoms with Gasteiger partial charge in [0.25, 0.3) is 0 Å². The molecule has 112 valence electrons. The van der Waals surface area contributed by atoms with Crippen LogP contribution < -0.4 is 5.32 Å². The van der Waals surface area contributed by atoms with Gasteiger partial charge in [0.15, 0.2) is 0 Å². The Morgan fingerprint density at radius 3 is 2.86 bits per heavy atom. The second kappa shape index (κ2) is 5.76. The molecule has 2 atom stereocenters. The largest absolute Gasteiger partial charge is 0.481 e. The van der Waals surface area contributed by atoms with Crippen molar-refractivity contribution in [1.29, 1.82) is 0 Å². The van der Waals surface area contributed by atoms with Gasteiger partial charge >= 0.3 is 5.97 Å². The number of hydrogen-bond acceptors (Lipinski definition) is 3. The number of anilines is 1. The molecule has 0 aromatic heterocycles. The maximum atomic E-state index is 12.8. The number of para-hydroxylation sites is 1. The lowest BCUT2D eigenvalue weighted by molar-refractivity contribution is -0.146. The zero-order chi connectivity index (χ0) is 14.8. The number of aliphatic carboxylic acids is 1. The third kappa shape index (κ3) is 2.73. The lowest BCUT2D eigenvalue weighted by Gasteiger charge is -2.35. The molecule has 0 bridgehead atoms. The summed E-state index contributed by atoms with van der Waals surface area (Å²) in [5.41, 5.74) is 2.06. The summed E-state index contributed by atoms with van der Waals surface area (Å²) in [4.78, 5) is 25.7. The Balaban J connectivity index is 1.78. The van der Waals surface area contributed by atoms with Gasteiger partial charge in [-0.2, -0.15) is 0 Å². The third-order valence-corrected chi connectivity index (χ3v) is 4.47. The van der Waals surface area contributed by atoms with Crippen LogP contribution in [-0.4, -0.2) is 41.5 Å². The van der Waals surface area contributed by atoms with Crippen molar-refractivity contribution >= 4 is 17.6 Å². The molecular formula is C16H20N2O3. The maximum Gasteiger partial charge on any atom is 0.308 e. The number of carboxylic acid groups (broad SMARTS) is 1. The Labute approximate surface area is 123 Å². The van der Waals surface area contributed by atoms with E-state index in [9.17, 15) is 9.59 Å². The van der Waals surface area contributed by atoms with Crippen LogP contribution >= 0.6 is 0 Å². The summed E-state index contributed by atoms with van der Waals surface area (Å²) in [7, 11) is 0. The van der Waals surface area contributed by atoms with Gasteiger partial charge in [0.1, 0.15) is 0 Å². The summed E-state index contributed by atoms with van der Waals surface area (Å²) in [5, 5.41) is 12.5. The van der Waals surface area contributed by atoms with Crippen LogP contribution in [0.15, 0.2) is 24.3 Å². The van der Waals surface area contributed by atoms with Gasteiger partial charge in [-0.05, 0) is 30.9 Å². The smallest absolute Gasteiger partial charge is 0.308 e. The number of piperidine rings is 1. The highest BCUT2D eigenvalue weighted by atomic mass is 16.4. The van der Waals surface area contributed by atoms with Crippen molar-refractivity contribution in [2.24, 2.45) is 5.92 Å². The summed E-state index contributed by atoms with van der Waals surface area (Å²) in [6.45, 7) is 1.80. The molecule has 0 radical (unpaired) electrons. The standard InChI is InChI=1S/C16H20N2O3/c19-15(18-9-3-4-11(10-18)16(20)21)13-7-8-17-14-6-2-1-5-12(13)14/h1-2,5-6,11,13,17H,3-4,7-10H2,(H,20,21)/t11-,13?/m0/s1. The Morgan fingerprint density at radius 1 is 1.24 bits per heavy atom. The van der Waals surface area contributed by atoms with Gasteiger partial charge < -0.3 is 15.3 Å². The molecular weight excluding hydrogens is 268 g/mol. The summed E-state index contributed by atoms with van der Waals surface area (Å²) in [6, 6.07) is 7.89. The fraction of sp³-hybridized carbons (Fsp3) is 0.500. The molecule has 2 aliphatic heterocycles. The number of carboxylic acids is 1. The average Bonchev–Trinajstić information content (AvgIpc) is 2.53. The molecule has 1 unspecified atom stereocenters. The number of benzene rings is 1. The number of carbonyl (C=O) groups excluding carboxylic acids is 1. The second-order valence-corrected chi connectivity index (χ2v) is 5.82. The molecule has 0 aliphatic carbocycles. The fourth-order valence-corrected chi connectivity index (χ4v) is 3.32. The van der Waals surface area contributed by atoms with Gasteiger partial charge in [0, 0.05) is 25.3 Å². The van der Waals surface area contributed by atoms with E-state index in [1.54, 1.807) is 4.90 Å². The number of nitrogens with one attached hydrogen (secondary N) is 1. The first-order valence-electron chi connectivity index (χ1n) is 7.51. The highest BCUT2D eigenvalue weighted by Crippen LogP contribution is 2.33. The fourth-order valence-electron chi connectivity index (χ4n) is 3.32. The molecule has 1 aromatic rings. The van der Waals surface area contributed by atoms with Crippen LogP contribution in [0.3, 0.4) is 0 Å². The molecule has 0 saturated carbocycles. The normalized spacial score (nSPS) is 24.9. The Hall–Kier alpha value is -2.04. The Kier molecular flexibility index (Phi) is 3.82. The van der Waals surface area contributed by atoms with E-state index in [-0.39, 0.29) is 11.8 Å². The molecule has 1 fully saturated rings. The van der Waals surface area contributed by atoms with E-state index in [1.165, 1.54) is 0 Å². The first-order chi connectivity index (χ1) is 10.2. The van der Waals surface area contributed by atoms with E-state index >= 15 is 0 Å². The number of nitrogens with zero attached hydrogens (tertiary/aromatic N) is 1. The van der Waals surface area contributed by atoms with Crippen LogP contribution in [0.5, 0.6) is 0 Å². The first kappa shape index (κ1) is 13.9. The molecule has 2 N–H and O–H groups in total. The number of rotatable bonds is 2. The number of hydrogen-bond donors (Lipinski definition) is 2. The van der Waals surface area contributed by atoms with Crippen molar-refractivity contribution in [2.45, 2.75) is 25.2 Å². The lowest BCUT2D eigenvalue weighted by atomic mass is 9.88. The molecule has 0 spiro atoms. The van der Waals surface area contributed by atoms with E-state index in [4.69, 9.17) is 5.11 Å². The van der Waals surface area contributed by atoms with E-state index in [1.807, 2.05) is 24.3 Å². The van der Waals surface area contributed by atoms with Crippen LogP contribution in [0.4, 0.5) is 5.69 Å². The van der Waals surface area contributed by atoms with Crippen molar-refractivity contribution in [3.63, 3.8) is 0 Å². The van der Waals surface area contributed by atoms with Gasteiger partial charge in [0.2, 0.25) is 5.91 Å². The average molecular weight is 288 g/mol. The van der Waals surface area contributed by atoms with Crippen molar-refractivity contribution in [3.8, 4) is 0 Å². The summed E-state index contributed by atoms with van der Waals surface area (Å²) in [5.74, 6) is -1.28. The van der Waals surface area contributed by atoms with Gasteiger partial charge in [-0.15, -0.1) is 0 Å². The minimum Gasteiger partial charge on any atom is -0.481 e. The predicted molar refractivity (Wildman–Crippen MR) is 79.2 cm³/mol. The van der Waals surface area contributed by atoms with Crippen LogP contribution in [0.25, 0.3) is 0 Å². The van der Waals surface area contributed by atoms with E-state index < -0.39 is 11.9 Å². The van der Waals surface area contributed by atoms with Gasteiger partial charge in [0.05, 0.1) is 11.8 Å². The Morgan fingerprint density at radius 2 is 2.05 bits per heavy atom. The zero-order valence-corrected chi connectivity index (χ0v) is 11.9. The second-order valence-electron chi connectivity index (χ2n) is 5.82. The van der Waals surface area contributed by atoms with Crippen LogP contribution in [0, 0.1) is 5.92 Å². The topological polar surface area (TPSA) is 69.6 Å². The van der Waals surface area contributed by atoms with Gasteiger partial charge in [-0.1, -0.05) is 18.2 Å². The highest BCUT2D eigenvalue weighted by molar-refractivity contribution is 5.87. The number of carbonyl (C=O) groups is 2. The molecule has 21 heavy (non-hydrogen) atoms. The zero-order valence-electron chi connectivity index (χ0n) is 11.9. The molecule has 5 heteroatoms. The van der Waals surface area contributed by atoms with Crippen molar-refractivity contribution in [2.75, 3.05) is 25.0 Å². The Bertz CT molecular complexity index is 558. The van der Waals surface area contributed by atoms with Crippen molar-refractivity contribution in [3.05, 3.63) is 29.8 Å². The van der Waals surface area contributed by atoms with Gasteiger partial charge in [-0.25, -0.2) is 0 Å². The molecule has 1 saturated heterocycles. The lowest BCUT2D eigenvalue weighted by Crippen LogP contribution is -2.45. The van der Waals surface area contributed by atoms with Crippen molar-refractivity contribution in [1.82, 2.24) is 4.90 Å². The summed E-state index contributed by atoms with van der Waals surface area (Å²) < 4.78 is 0. The number of amides is 1. The highest BCUT2D eigenvalue weighted by Gasteiger charge is 2.34. The third-order valence-electron chi connectivity index (χ3n) is 4.47.